The summed E-state index contributed by atoms with van der Waals surface area (Å²) in [5, 5.41) is 14.1. The maximum atomic E-state index is 13.0. The SMILES string of the molecule is CC/C=C\C/C=C\C/C=C\C/C=C\CCCCCCCCCCCCCCCCCCCCCCCCC(=O)NC(COP(=O)([O-])OCC[N+](C)(C)C)C(O)CCCCCCCCCCCCCCCCCCCCC. The molecule has 3 atom stereocenters. The Labute approximate surface area is 473 Å². The molecule has 0 aromatic rings. The van der Waals surface area contributed by atoms with E-state index >= 15 is 0 Å². The highest BCUT2D eigenvalue weighted by atomic mass is 31.2. The summed E-state index contributed by atoms with van der Waals surface area (Å²) in [7, 11) is 1.32. The van der Waals surface area contributed by atoms with Gasteiger partial charge in [-0.25, -0.2) is 0 Å². The topological polar surface area (TPSA) is 108 Å². The molecule has 0 rings (SSSR count). The van der Waals surface area contributed by atoms with Gasteiger partial charge in [-0.3, -0.25) is 9.36 Å². The molecule has 1 amide bonds. The number of quaternary nitrogens is 1. The number of hydrogen-bond donors (Lipinski definition) is 2. The van der Waals surface area contributed by atoms with E-state index in [1.165, 1.54) is 231 Å². The molecule has 0 bridgehead atoms. The molecular weight excluding hydrogens is 960 g/mol. The summed E-state index contributed by atoms with van der Waals surface area (Å²) in [5.74, 6) is -0.158. The van der Waals surface area contributed by atoms with Crippen LogP contribution in [0.3, 0.4) is 0 Å². The molecule has 0 aromatic carbocycles. The summed E-state index contributed by atoms with van der Waals surface area (Å²) in [6.45, 7) is 4.65. The van der Waals surface area contributed by atoms with E-state index in [4.69, 9.17) is 9.05 Å². The van der Waals surface area contributed by atoms with Crippen LogP contribution in [0.25, 0.3) is 0 Å². The minimum absolute atomic E-state index is 0.0140. The molecule has 0 aliphatic rings. The lowest BCUT2D eigenvalue weighted by Gasteiger charge is -2.30. The fraction of sp³-hybridized carbons (Fsp3) is 0.866. The quantitative estimate of drug-likeness (QED) is 0.0272. The Bertz CT molecular complexity index is 1380. The zero-order valence-electron chi connectivity index (χ0n) is 51.2. The van der Waals surface area contributed by atoms with Crippen LogP contribution in [0.2, 0.25) is 0 Å². The van der Waals surface area contributed by atoms with Crippen LogP contribution in [-0.2, 0) is 18.4 Å². The van der Waals surface area contributed by atoms with Gasteiger partial charge in [0.15, 0.2) is 0 Å². The van der Waals surface area contributed by atoms with Crippen molar-refractivity contribution < 1.29 is 32.9 Å². The fourth-order valence-corrected chi connectivity index (χ4v) is 10.7. The summed E-state index contributed by atoms with van der Waals surface area (Å²) in [6.07, 6.45) is 77.5. The molecule has 0 heterocycles. The first-order valence-electron chi connectivity index (χ1n) is 33.0. The number of nitrogens with zero attached hydrogens (tertiary/aromatic N) is 1. The summed E-state index contributed by atoms with van der Waals surface area (Å²) in [5.41, 5.74) is 0. The Morgan fingerprint density at radius 1 is 0.474 bits per heavy atom. The third-order valence-electron chi connectivity index (χ3n) is 15.1. The second kappa shape index (κ2) is 58.1. The van der Waals surface area contributed by atoms with Crippen molar-refractivity contribution in [2.45, 2.75) is 334 Å². The van der Waals surface area contributed by atoms with E-state index in [2.05, 4.69) is 67.8 Å². The monoisotopic (exact) mass is 1090 g/mol. The number of likely N-dealkylation sites (N-methyl/N-ethyl adjacent to an activating group) is 1. The van der Waals surface area contributed by atoms with Crippen molar-refractivity contribution >= 4 is 13.7 Å². The minimum atomic E-state index is -4.57. The number of carbonyl (C=O) groups excluding carboxylic acids is 1. The second-order valence-electron chi connectivity index (χ2n) is 23.8. The van der Waals surface area contributed by atoms with Gasteiger partial charge >= 0.3 is 0 Å². The van der Waals surface area contributed by atoms with Gasteiger partial charge in [0.05, 0.1) is 39.9 Å². The molecule has 9 heteroatoms. The maximum Gasteiger partial charge on any atom is 0.268 e. The van der Waals surface area contributed by atoms with Crippen molar-refractivity contribution in [3.8, 4) is 0 Å². The number of phosphoric ester groups is 1. The lowest BCUT2D eigenvalue weighted by molar-refractivity contribution is -0.870. The van der Waals surface area contributed by atoms with Gasteiger partial charge in [0.2, 0.25) is 5.91 Å². The van der Waals surface area contributed by atoms with Crippen LogP contribution in [0.4, 0.5) is 0 Å². The Hall–Kier alpha value is -1.54. The molecular formula is C67H129N2O6P. The number of amides is 1. The van der Waals surface area contributed by atoms with Gasteiger partial charge in [-0.15, -0.1) is 0 Å². The molecule has 0 saturated carbocycles. The fourth-order valence-electron chi connectivity index (χ4n) is 9.98. The van der Waals surface area contributed by atoms with Crippen molar-refractivity contribution in [1.82, 2.24) is 5.32 Å². The average Bonchev–Trinajstić information content (AvgIpc) is 3.38. The number of aliphatic hydroxyl groups is 1. The van der Waals surface area contributed by atoms with Gasteiger partial charge in [-0.05, 0) is 51.4 Å². The Kier molecular flexibility index (Phi) is 56.9. The van der Waals surface area contributed by atoms with Gasteiger partial charge in [0.25, 0.3) is 7.82 Å². The zero-order valence-corrected chi connectivity index (χ0v) is 52.1. The molecule has 0 aliphatic carbocycles. The molecule has 0 fully saturated rings. The van der Waals surface area contributed by atoms with Gasteiger partial charge in [-0.2, -0.15) is 0 Å². The molecule has 2 N–H and O–H groups in total. The highest BCUT2D eigenvalue weighted by Crippen LogP contribution is 2.38. The van der Waals surface area contributed by atoms with Gasteiger partial charge in [0.1, 0.15) is 13.2 Å². The van der Waals surface area contributed by atoms with Crippen molar-refractivity contribution in [3.05, 3.63) is 48.6 Å². The van der Waals surface area contributed by atoms with Crippen LogP contribution in [0, 0.1) is 0 Å². The van der Waals surface area contributed by atoms with Crippen LogP contribution in [0.15, 0.2) is 48.6 Å². The highest BCUT2D eigenvalue weighted by molar-refractivity contribution is 7.45. The summed E-state index contributed by atoms with van der Waals surface area (Å²) in [6, 6.07) is -0.800. The molecule has 0 radical (unpaired) electrons. The maximum absolute atomic E-state index is 13.0. The van der Waals surface area contributed by atoms with Crippen molar-refractivity contribution in [2.24, 2.45) is 0 Å². The van der Waals surface area contributed by atoms with Gasteiger partial charge < -0.3 is 28.8 Å². The summed E-state index contributed by atoms with van der Waals surface area (Å²) < 4.78 is 23.5. The summed E-state index contributed by atoms with van der Waals surface area (Å²) in [4.78, 5) is 25.6. The Morgan fingerprint density at radius 3 is 1.17 bits per heavy atom. The standard InChI is InChI=1S/C67H129N2O6P/c1-6-8-10-12-14-16-18-20-22-24-26-27-28-29-30-31-32-33-34-35-36-37-38-39-40-41-43-45-47-49-51-53-55-57-59-61-67(71)68-65(64-75-76(72,73)74-63-62-69(3,4)5)66(70)60-58-56-54-52-50-48-46-44-42-25-23-21-19-17-15-13-11-9-7-2/h8,10,14,16,20,22,26-27,65-66,70H,6-7,9,11-13,15,17-19,21,23-25,28-64H2,1-5H3,(H-,68,71,72,73)/b10-8-,16-14-,22-20-,27-26-. The van der Waals surface area contributed by atoms with E-state index in [9.17, 15) is 19.4 Å². The first-order chi connectivity index (χ1) is 37.0. The zero-order chi connectivity index (χ0) is 55.6. The van der Waals surface area contributed by atoms with Crippen molar-refractivity contribution in [3.63, 3.8) is 0 Å². The van der Waals surface area contributed by atoms with Crippen LogP contribution >= 0.6 is 7.82 Å². The van der Waals surface area contributed by atoms with Crippen molar-refractivity contribution in [1.29, 1.82) is 0 Å². The predicted octanol–water partition coefficient (Wildman–Crippen LogP) is 20.0. The van der Waals surface area contributed by atoms with Crippen LogP contribution < -0.4 is 10.2 Å². The largest absolute Gasteiger partial charge is 0.756 e. The predicted molar refractivity (Wildman–Crippen MR) is 330 cm³/mol. The highest BCUT2D eigenvalue weighted by Gasteiger charge is 2.24. The van der Waals surface area contributed by atoms with E-state index < -0.39 is 20.0 Å². The molecule has 3 unspecified atom stereocenters. The lowest BCUT2D eigenvalue weighted by Crippen LogP contribution is -2.46. The Morgan fingerprint density at radius 2 is 0.803 bits per heavy atom. The number of phosphoric acid groups is 1. The van der Waals surface area contributed by atoms with Gasteiger partial charge in [-0.1, -0.05) is 313 Å². The summed E-state index contributed by atoms with van der Waals surface area (Å²) >= 11 is 0. The average molecular weight is 1090 g/mol. The minimum Gasteiger partial charge on any atom is -0.756 e. The van der Waals surface area contributed by atoms with E-state index in [1.54, 1.807) is 0 Å². The van der Waals surface area contributed by atoms with Gasteiger partial charge in [0, 0.05) is 6.42 Å². The number of carbonyl (C=O) groups is 1. The van der Waals surface area contributed by atoms with Crippen LogP contribution in [0.5, 0.6) is 0 Å². The van der Waals surface area contributed by atoms with Crippen LogP contribution in [-0.4, -0.2) is 68.5 Å². The molecule has 448 valence electrons. The third kappa shape index (κ3) is 60.1. The number of allylic oxidation sites excluding steroid dienone is 8. The number of unbranched alkanes of at least 4 members (excludes halogenated alkanes) is 40. The third-order valence-corrected chi connectivity index (χ3v) is 16.0. The van der Waals surface area contributed by atoms with E-state index in [0.29, 0.717) is 23.9 Å². The molecule has 0 spiro atoms. The number of nitrogens with one attached hydrogen (secondary N) is 1. The van der Waals surface area contributed by atoms with E-state index in [-0.39, 0.29) is 19.1 Å². The molecule has 0 aliphatic heterocycles. The molecule has 8 nitrogen and oxygen atoms in total. The molecule has 76 heavy (non-hydrogen) atoms. The first kappa shape index (κ1) is 74.5. The number of aliphatic hydroxyl groups excluding tert-OH is 1. The first-order valence-corrected chi connectivity index (χ1v) is 34.4. The molecule has 0 saturated heterocycles. The number of hydrogen-bond acceptors (Lipinski definition) is 6. The normalized spacial score (nSPS) is 14.0. The number of rotatable bonds is 61. The van der Waals surface area contributed by atoms with Crippen molar-refractivity contribution in [2.75, 3.05) is 40.9 Å². The second-order valence-corrected chi connectivity index (χ2v) is 25.2. The molecule has 0 aromatic heterocycles. The van der Waals surface area contributed by atoms with Crippen LogP contribution in [0.1, 0.15) is 322 Å². The smallest absolute Gasteiger partial charge is 0.268 e. The Balaban J connectivity index is 3.97. The lowest BCUT2D eigenvalue weighted by atomic mass is 10.0. The van der Waals surface area contributed by atoms with E-state index in [0.717, 1.165) is 64.2 Å². The van der Waals surface area contributed by atoms with E-state index in [1.807, 2.05) is 21.1 Å².